The van der Waals surface area contributed by atoms with E-state index in [-0.39, 0.29) is 12.4 Å². The van der Waals surface area contributed by atoms with E-state index in [0.29, 0.717) is 6.04 Å². The number of fused-ring (bicyclic) bond motifs is 1. The molecule has 0 bridgehead atoms. The molecule has 132 valence electrons. The number of unbranched alkanes of at least 4 members (excludes halogenated alkanes) is 6. The van der Waals surface area contributed by atoms with E-state index >= 15 is 0 Å². The molecular weight excluding hydrogens is 306 g/mol. The third-order valence-corrected chi connectivity index (χ3v) is 4.97. The Kier molecular flexibility index (Phi) is 10.4. The molecule has 0 aromatic heterocycles. The van der Waals surface area contributed by atoms with Crippen LogP contribution in [0.2, 0.25) is 0 Å². The first-order valence-electron chi connectivity index (χ1n) is 9.35. The van der Waals surface area contributed by atoms with Gasteiger partial charge in [0.1, 0.15) is 11.8 Å². The molecule has 0 heterocycles. The van der Waals surface area contributed by atoms with Crippen LogP contribution in [0.25, 0.3) is 0 Å². The Labute approximate surface area is 148 Å². The van der Waals surface area contributed by atoms with Crippen molar-refractivity contribution in [3.05, 3.63) is 29.3 Å². The lowest BCUT2D eigenvalue weighted by molar-refractivity contribution is -0.697. The van der Waals surface area contributed by atoms with Gasteiger partial charge in [-0.25, -0.2) is 0 Å². The molecule has 2 rings (SSSR count). The molecule has 1 atom stereocenters. The molecule has 0 fully saturated rings. The highest BCUT2D eigenvalue weighted by Gasteiger charge is 2.22. The Morgan fingerprint density at radius 2 is 1.83 bits per heavy atom. The summed E-state index contributed by atoms with van der Waals surface area (Å²) in [7, 11) is 1.76. The van der Waals surface area contributed by atoms with Gasteiger partial charge in [0.25, 0.3) is 0 Å². The molecule has 3 heteroatoms. The second kappa shape index (κ2) is 11.8. The Bertz CT molecular complexity index is 436. The molecule has 1 unspecified atom stereocenters. The van der Waals surface area contributed by atoms with Gasteiger partial charge in [-0.1, -0.05) is 39.0 Å². The van der Waals surface area contributed by atoms with Gasteiger partial charge in [0.2, 0.25) is 0 Å². The SMILES string of the molecule is CCCCCCCCC[NH2+]C1CCCc2cc(OC)ccc21.[Cl-]. The van der Waals surface area contributed by atoms with Crippen LogP contribution in [0.15, 0.2) is 18.2 Å². The van der Waals surface area contributed by atoms with Crippen LogP contribution in [0.4, 0.5) is 0 Å². The van der Waals surface area contributed by atoms with E-state index in [9.17, 15) is 0 Å². The summed E-state index contributed by atoms with van der Waals surface area (Å²) in [6.07, 6.45) is 13.7. The first-order chi connectivity index (χ1) is 10.8. The van der Waals surface area contributed by atoms with Gasteiger partial charge in [-0.05, 0) is 49.4 Å². The first kappa shape index (κ1) is 20.3. The highest BCUT2D eigenvalue weighted by Crippen LogP contribution is 2.29. The second-order valence-corrected chi connectivity index (χ2v) is 6.71. The Balaban J connectivity index is 0.00000264. The summed E-state index contributed by atoms with van der Waals surface area (Å²) in [5.74, 6) is 1.01. The molecule has 0 radical (unpaired) electrons. The van der Waals surface area contributed by atoms with Gasteiger partial charge in [0.05, 0.1) is 13.7 Å². The van der Waals surface area contributed by atoms with Gasteiger partial charge in [-0.3, -0.25) is 0 Å². The lowest BCUT2D eigenvalue weighted by atomic mass is 9.87. The summed E-state index contributed by atoms with van der Waals surface area (Å²) in [5, 5.41) is 2.58. The van der Waals surface area contributed by atoms with E-state index < -0.39 is 0 Å². The third-order valence-electron chi connectivity index (χ3n) is 4.97. The summed E-state index contributed by atoms with van der Waals surface area (Å²) in [6, 6.07) is 7.33. The minimum absolute atomic E-state index is 0. The van der Waals surface area contributed by atoms with Crippen LogP contribution in [0.1, 0.15) is 81.9 Å². The summed E-state index contributed by atoms with van der Waals surface area (Å²) >= 11 is 0. The molecular formula is C20H34ClNO. The molecule has 0 amide bonds. The average Bonchev–Trinajstić information content (AvgIpc) is 2.56. The molecule has 0 spiro atoms. The maximum atomic E-state index is 5.36. The monoisotopic (exact) mass is 339 g/mol. The fourth-order valence-electron chi connectivity index (χ4n) is 3.62. The highest BCUT2D eigenvalue weighted by molar-refractivity contribution is 5.38. The van der Waals surface area contributed by atoms with Crippen LogP contribution in [0, 0.1) is 0 Å². The average molecular weight is 340 g/mol. The van der Waals surface area contributed by atoms with Crippen LogP contribution >= 0.6 is 0 Å². The minimum Gasteiger partial charge on any atom is -1.00 e. The van der Waals surface area contributed by atoms with Crippen LogP contribution in [0.5, 0.6) is 5.75 Å². The van der Waals surface area contributed by atoms with Crippen molar-refractivity contribution in [2.45, 2.75) is 77.2 Å². The molecule has 1 aliphatic carbocycles. The molecule has 2 nitrogen and oxygen atoms in total. The highest BCUT2D eigenvalue weighted by atomic mass is 35.5. The predicted molar refractivity (Wildman–Crippen MR) is 93.5 cm³/mol. The summed E-state index contributed by atoms with van der Waals surface area (Å²) in [4.78, 5) is 0. The van der Waals surface area contributed by atoms with E-state index in [4.69, 9.17) is 4.74 Å². The molecule has 1 aliphatic rings. The maximum Gasteiger partial charge on any atom is 0.119 e. The van der Waals surface area contributed by atoms with Crippen molar-refractivity contribution >= 4 is 0 Å². The van der Waals surface area contributed by atoms with Crippen molar-refractivity contribution in [3.8, 4) is 5.75 Å². The number of methoxy groups -OCH3 is 1. The van der Waals surface area contributed by atoms with Crippen molar-refractivity contribution < 1.29 is 22.5 Å². The number of nitrogens with two attached hydrogens (primary N) is 1. The number of hydrogen-bond acceptors (Lipinski definition) is 1. The predicted octanol–water partition coefficient (Wildman–Crippen LogP) is 1.39. The smallest absolute Gasteiger partial charge is 0.119 e. The molecule has 1 aromatic carbocycles. The van der Waals surface area contributed by atoms with Gasteiger partial charge < -0.3 is 22.5 Å². The molecule has 0 saturated carbocycles. The number of hydrogen-bond donors (Lipinski definition) is 1. The topological polar surface area (TPSA) is 25.8 Å². The lowest BCUT2D eigenvalue weighted by Gasteiger charge is -2.24. The normalized spacial score (nSPS) is 16.5. The number of quaternary nitrogens is 1. The molecule has 0 aliphatic heterocycles. The number of aryl methyl sites for hydroxylation is 1. The van der Waals surface area contributed by atoms with Gasteiger partial charge in [0, 0.05) is 12.0 Å². The second-order valence-electron chi connectivity index (χ2n) is 6.71. The zero-order valence-corrected chi connectivity index (χ0v) is 15.7. The number of ether oxygens (including phenoxy) is 1. The standard InChI is InChI=1S/C20H33NO.ClH/c1-3-4-5-6-7-8-9-15-21-20-12-10-11-17-16-18(22-2)13-14-19(17)20;/h13-14,16,20-21H,3-12,15H2,1-2H3;1H. The van der Waals surface area contributed by atoms with Crippen LogP contribution in [-0.2, 0) is 6.42 Å². The molecule has 0 saturated heterocycles. The first-order valence-corrected chi connectivity index (χ1v) is 9.35. The van der Waals surface area contributed by atoms with Crippen molar-refractivity contribution in [2.75, 3.05) is 13.7 Å². The largest absolute Gasteiger partial charge is 1.00 e. The fraction of sp³-hybridized carbons (Fsp3) is 0.700. The zero-order valence-electron chi connectivity index (χ0n) is 15.0. The van der Waals surface area contributed by atoms with E-state index in [1.165, 1.54) is 76.3 Å². The van der Waals surface area contributed by atoms with Crippen molar-refractivity contribution in [3.63, 3.8) is 0 Å². The van der Waals surface area contributed by atoms with Crippen molar-refractivity contribution in [1.82, 2.24) is 0 Å². The minimum atomic E-state index is 0. The van der Waals surface area contributed by atoms with E-state index in [1.54, 1.807) is 12.7 Å². The third kappa shape index (κ3) is 6.73. The summed E-state index contributed by atoms with van der Waals surface area (Å²) < 4.78 is 5.36. The Morgan fingerprint density at radius 3 is 2.57 bits per heavy atom. The summed E-state index contributed by atoms with van der Waals surface area (Å²) in [6.45, 7) is 3.57. The molecule has 1 aromatic rings. The fourth-order valence-corrected chi connectivity index (χ4v) is 3.62. The lowest BCUT2D eigenvalue weighted by Crippen LogP contribution is -3.00. The number of benzene rings is 1. The van der Waals surface area contributed by atoms with Crippen LogP contribution < -0.4 is 22.5 Å². The Morgan fingerprint density at radius 1 is 1.09 bits per heavy atom. The van der Waals surface area contributed by atoms with Crippen molar-refractivity contribution in [1.29, 1.82) is 0 Å². The van der Waals surface area contributed by atoms with Crippen LogP contribution in [-0.4, -0.2) is 13.7 Å². The van der Waals surface area contributed by atoms with E-state index in [1.807, 2.05) is 0 Å². The zero-order chi connectivity index (χ0) is 15.6. The summed E-state index contributed by atoms with van der Waals surface area (Å²) in [5.41, 5.74) is 3.06. The van der Waals surface area contributed by atoms with E-state index in [0.717, 1.165) is 5.75 Å². The molecule has 23 heavy (non-hydrogen) atoms. The van der Waals surface area contributed by atoms with Gasteiger partial charge >= 0.3 is 0 Å². The van der Waals surface area contributed by atoms with Gasteiger partial charge in [-0.15, -0.1) is 0 Å². The van der Waals surface area contributed by atoms with Crippen molar-refractivity contribution in [2.24, 2.45) is 0 Å². The number of halogens is 1. The quantitative estimate of drug-likeness (QED) is 0.640. The van der Waals surface area contributed by atoms with Gasteiger partial charge in [0.15, 0.2) is 0 Å². The maximum absolute atomic E-state index is 5.36. The van der Waals surface area contributed by atoms with Crippen LogP contribution in [0.3, 0.4) is 0 Å². The van der Waals surface area contributed by atoms with E-state index in [2.05, 4.69) is 30.4 Å². The molecule has 2 N–H and O–H groups in total. The number of rotatable bonds is 10. The Hall–Kier alpha value is -0.730. The van der Waals surface area contributed by atoms with Gasteiger partial charge in [-0.2, -0.15) is 0 Å².